The standard InChI is InChI=1S/C17H18N2O2S/c1-11-6-12(2)16(18-9-11)10-22(20)17-8-13-7-14(21-3)4-5-15(13)19-17/h4-9,19H,10H2,1-3H3/t22-/m0/s1. The zero-order chi connectivity index (χ0) is 15.7. The molecule has 1 aromatic carbocycles. The van der Waals surface area contributed by atoms with Gasteiger partial charge in [-0.25, -0.2) is 0 Å². The van der Waals surface area contributed by atoms with E-state index in [2.05, 4.69) is 16.0 Å². The molecule has 0 radical (unpaired) electrons. The molecule has 1 atom stereocenters. The number of aromatic nitrogens is 2. The number of hydrogen-bond acceptors (Lipinski definition) is 3. The zero-order valence-electron chi connectivity index (χ0n) is 12.8. The Balaban J connectivity index is 1.88. The first-order chi connectivity index (χ1) is 10.6. The number of aromatic amines is 1. The Morgan fingerprint density at radius 2 is 2.05 bits per heavy atom. The fourth-order valence-corrected chi connectivity index (χ4v) is 3.62. The van der Waals surface area contributed by atoms with Crippen molar-refractivity contribution < 1.29 is 8.95 Å². The number of H-pyrrole nitrogens is 1. The lowest BCUT2D eigenvalue weighted by atomic mass is 10.2. The van der Waals surface area contributed by atoms with Gasteiger partial charge in [-0.2, -0.15) is 0 Å². The summed E-state index contributed by atoms with van der Waals surface area (Å²) in [5.74, 6) is 1.20. The molecule has 0 spiro atoms. The minimum absolute atomic E-state index is 0.413. The average molecular weight is 314 g/mol. The number of hydrogen-bond donors (Lipinski definition) is 1. The summed E-state index contributed by atoms with van der Waals surface area (Å²) >= 11 is 0. The van der Waals surface area contributed by atoms with Crippen molar-refractivity contribution >= 4 is 21.7 Å². The van der Waals surface area contributed by atoms with Crippen LogP contribution in [-0.2, 0) is 16.6 Å². The van der Waals surface area contributed by atoms with E-state index in [4.69, 9.17) is 4.74 Å². The van der Waals surface area contributed by atoms with Crippen molar-refractivity contribution in [3.05, 3.63) is 53.3 Å². The molecular weight excluding hydrogens is 296 g/mol. The van der Waals surface area contributed by atoms with Crippen LogP contribution >= 0.6 is 0 Å². The lowest BCUT2D eigenvalue weighted by Gasteiger charge is -2.04. The molecule has 0 bridgehead atoms. The van der Waals surface area contributed by atoms with Crippen molar-refractivity contribution in [1.29, 1.82) is 0 Å². The van der Waals surface area contributed by atoms with Crippen LogP contribution < -0.4 is 4.74 Å². The highest BCUT2D eigenvalue weighted by molar-refractivity contribution is 7.84. The lowest BCUT2D eigenvalue weighted by Crippen LogP contribution is -2.01. The van der Waals surface area contributed by atoms with E-state index in [0.29, 0.717) is 10.8 Å². The van der Waals surface area contributed by atoms with Crippen molar-refractivity contribution in [3.63, 3.8) is 0 Å². The smallest absolute Gasteiger partial charge is 0.119 e. The van der Waals surface area contributed by atoms with Gasteiger partial charge in [0.05, 0.1) is 29.4 Å². The fourth-order valence-electron chi connectivity index (χ4n) is 2.43. The maximum atomic E-state index is 12.6. The van der Waals surface area contributed by atoms with Gasteiger partial charge in [0.25, 0.3) is 0 Å². The number of nitrogens with one attached hydrogen (secondary N) is 1. The molecule has 2 aromatic heterocycles. The Kier molecular flexibility index (Phi) is 3.98. The van der Waals surface area contributed by atoms with E-state index in [1.807, 2.05) is 44.3 Å². The van der Waals surface area contributed by atoms with Gasteiger partial charge in [-0.3, -0.25) is 9.19 Å². The van der Waals surface area contributed by atoms with Crippen LogP contribution in [0.25, 0.3) is 10.9 Å². The monoisotopic (exact) mass is 314 g/mol. The largest absolute Gasteiger partial charge is 0.497 e. The van der Waals surface area contributed by atoms with Crippen molar-refractivity contribution in [2.45, 2.75) is 24.6 Å². The molecule has 4 nitrogen and oxygen atoms in total. The van der Waals surface area contributed by atoms with Gasteiger partial charge >= 0.3 is 0 Å². The van der Waals surface area contributed by atoms with E-state index in [1.54, 1.807) is 7.11 Å². The zero-order valence-corrected chi connectivity index (χ0v) is 13.7. The molecule has 0 aliphatic carbocycles. The quantitative estimate of drug-likeness (QED) is 0.802. The Morgan fingerprint density at radius 1 is 1.23 bits per heavy atom. The summed E-state index contributed by atoms with van der Waals surface area (Å²) < 4.78 is 17.8. The fraction of sp³-hybridized carbons (Fsp3) is 0.235. The minimum Gasteiger partial charge on any atom is -0.497 e. The maximum Gasteiger partial charge on any atom is 0.119 e. The number of rotatable bonds is 4. The van der Waals surface area contributed by atoms with Crippen LogP contribution in [-0.4, -0.2) is 21.3 Å². The molecule has 3 rings (SSSR count). The summed E-state index contributed by atoms with van der Waals surface area (Å²) in [6.45, 7) is 4.01. The highest BCUT2D eigenvalue weighted by Crippen LogP contribution is 2.24. The van der Waals surface area contributed by atoms with Crippen LogP contribution in [0.15, 0.2) is 41.6 Å². The van der Waals surface area contributed by atoms with E-state index >= 15 is 0 Å². The molecule has 2 heterocycles. The van der Waals surface area contributed by atoms with Crippen LogP contribution in [0.3, 0.4) is 0 Å². The van der Waals surface area contributed by atoms with Crippen LogP contribution in [0.1, 0.15) is 16.8 Å². The molecule has 114 valence electrons. The van der Waals surface area contributed by atoms with Crippen molar-refractivity contribution in [3.8, 4) is 5.75 Å². The van der Waals surface area contributed by atoms with E-state index in [9.17, 15) is 4.21 Å². The normalized spacial score (nSPS) is 12.5. The molecular formula is C17H18N2O2S. The summed E-state index contributed by atoms with van der Waals surface area (Å²) in [4.78, 5) is 7.61. The molecule has 22 heavy (non-hydrogen) atoms. The average Bonchev–Trinajstić information content (AvgIpc) is 2.93. The van der Waals surface area contributed by atoms with Crippen molar-refractivity contribution in [1.82, 2.24) is 9.97 Å². The predicted molar refractivity (Wildman–Crippen MR) is 88.7 cm³/mol. The second-order valence-electron chi connectivity index (χ2n) is 5.35. The topological polar surface area (TPSA) is 55.0 Å². The third-order valence-electron chi connectivity index (χ3n) is 3.64. The molecule has 5 heteroatoms. The van der Waals surface area contributed by atoms with Crippen LogP contribution in [0.4, 0.5) is 0 Å². The molecule has 0 aliphatic heterocycles. The Morgan fingerprint density at radius 3 is 2.77 bits per heavy atom. The second-order valence-corrected chi connectivity index (χ2v) is 6.77. The molecule has 0 unspecified atom stereocenters. The highest BCUT2D eigenvalue weighted by atomic mass is 32.2. The molecule has 0 fully saturated rings. The molecule has 3 aromatic rings. The summed E-state index contributed by atoms with van der Waals surface area (Å²) in [7, 11) is 0.486. The number of aryl methyl sites for hydroxylation is 2. The van der Waals surface area contributed by atoms with Gasteiger partial charge in [-0.1, -0.05) is 6.07 Å². The Labute approximate surface area is 132 Å². The first kappa shape index (κ1) is 14.8. The van der Waals surface area contributed by atoms with Crippen LogP contribution in [0, 0.1) is 13.8 Å². The summed E-state index contributed by atoms with van der Waals surface area (Å²) in [5, 5.41) is 1.71. The van der Waals surface area contributed by atoms with E-state index < -0.39 is 10.8 Å². The summed E-state index contributed by atoms with van der Waals surface area (Å²) in [6, 6.07) is 9.73. The first-order valence-electron chi connectivity index (χ1n) is 7.04. The van der Waals surface area contributed by atoms with Gasteiger partial charge in [0.2, 0.25) is 0 Å². The third-order valence-corrected chi connectivity index (χ3v) is 4.89. The molecule has 0 amide bonds. The van der Waals surface area contributed by atoms with Gasteiger partial charge < -0.3 is 9.72 Å². The van der Waals surface area contributed by atoms with E-state index in [-0.39, 0.29) is 0 Å². The van der Waals surface area contributed by atoms with Gasteiger partial charge in [0.1, 0.15) is 10.8 Å². The minimum atomic E-state index is -1.15. The first-order valence-corrected chi connectivity index (χ1v) is 8.36. The third kappa shape index (κ3) is 2.90. The number of ether oxygens (including phenoxy) is 1. The lowest BCUT2D eigenvalue weighted by molar-refractivity contribution is 0.415. The number of benzene rings is 1. The van der Waals surface area contributed by atoms with Crippen molar-refractivity contribution in [2.24, 2.45) is 0 Å². The van der Waals surface area contributed by atoms with Gasteiger partial charge in [-0.05, 0) is 49.2 Å². The highest BCUT2D eigenvalue weighted by Gasteiger charge is 2.12. The van der Waals surface area contributed by atoms with E-state index in [1.165, 1.54) is 0 Å². The Hall–Kier alpha value is -2.14. The van der Waals surface area contributed by atoms with Crippen molar-refractivity contribution in [2.75, 3.05) is 7.11 Å². The van der Waals surface area contributed by atoms with Gasteiger partial charge in [0.15, 0.2) is 0 Å². The number of methoxy groups -OCH3 is 1. The summed E-state index contributed by atoms with van der Waals surface area (Å²) in [6.07, 6.45) is 1.82. The molecule has 0 saturated carbocycles. The van der Waals surface area contributed by atoms with Gasteiger partial charge in [0, 0.05) is 17.1 Å². The Bertz CT molecular complexity index is 855. The van der Waals surface area contributed by atoms with E-state index in [0.717, 1.165) is 33.5 Å². The SMILES string of the molecule is COc1ccc2[nH]c([S@@](=O)Cc3ncc(C)cc3C)cc2c1. The number of nitrogens with zero attached hydrogens (tertiary/aromatic N) is 1. The molecule has 1 N–H and O–H groups in total. The predicted octanol–water partition coefficient (Wildman–Crippen LogP) is 3.50. The second kappa shape index (κ2) is 5.93. The van der Waals surface area contributed by atoms with Gasteiger partial charge in [-0.15, -0.1) is 0 Å². The number of fused-ring (bicyclic) bond motifs is 1. The molecule has 0 saturated heterocycles. The van der Waals surface area contributed by atoms with Crippen LogP contribution in [0.5, 0.6) is 5.75 Å². The number of pyridine rings is 1. The van der Waals surface area contributed by atoms with Crippen LogP contribution in [0.2, 0.25) is 0 Å². The summed E-state index contributed by atoms with van der Waals surface area (Å²) in [5.41, 5.74) is 4.02. The maximum absolute atomic E-state index is 12.6. The molecule has 0 aliphatic rings.